The van der Waals surface area contributed by atoms with Gasteiger partial charge in [-0.05, 0) is 43.2 Å². The van der Waals surface area contributed by atoms with Gasteiger partial charge in [-0.15, -0.1) is 0 Å². The maximum atomic E-state index is 13.8. The van der Waals surface area contributed by atoms with Crippen LogP contribution in [0.2, 0.25) is 0 Å². The molecular formula is C19H16F2N4. The number of hydrogen-bond acceptors (Lipinski definition) is 4. The minimum absolute atomic E-state index is 0.151. The Kier molecular flexibility index (Phi) is 3.80. The molecule has 1 aromatic heterocycles. The lowest BCUT2D eigenvalue weighted by Gasteiger charge is -2.24. The summed E-state index contributed by atoms with van der Waals surface area (Å²) < 4.78 is 27.7. The van der Waals surface area contributed by atoms with E-state index in [2.05, 4.69) is 33.2 Å². The Bertz CT molecular complexity index is 909. The second-order valence-electron chi connectivity index (χ2n) is 6.01. The van der Waals surface area contributed by atoms with Crippen LogP contribution in [0.5, 0.6) is 0 Å². The summed E-state index contributed by atoms with van der Waals surface area (Å²) in [7, 11) is 0. The third-order valence-corrected chi connectivity index (χ3v) is 4.29. The highest BCUT2D eigenvalue weighted by Crippen LogP contribution is 2.37. The summed E-state index contributed by atoms with van der Waals surface area (Å²) in [5.74, 6) is -0.535. The molecule has 1 atom stereocenters. The van der Waals surface area contributed by atoms with E-state index in [0.29, 0.717) is 5.82 Å². The van der Waals surface area contributed by atoms with Crippen LogP contribution in [-0.2, 0) is 6.42 Å². The fraction of sp³-hybridized carbons (Fsp3) is 0.158. The number of benzene rings is 2. The van der Waals surface area contributed by atoms with E-state index in [1.165, 1.54) is 23.8 Å². The van der Waals surface area contributed by atoms with E-state index < -0.39 is 11.6 Å². The normalized spacial score (nSPS) is 16.0. The number of nitrogens with one attached hydrogen (secondary N) is 1. The summed E-state index contributed by atoms with van der Waals surface area (Å²) in [6.07, 6.45) is 2.50. The number of aromatic nitrogens is 2. The van der Waals surface area contributed by atoms with Gasteiger partial charge in [-0.2, -0.15) is 4.98 Å². The fourth-order valence-electron chi connectivity index (χ4n) is 3.19. The molecule has 126 valence electrons. The maximum Gasteiger partial charge on any atom is 0.229 e. The van der Waals surface area contributed by atoms with Crippen LogP contribution in [0.1, 0.15) is 12.5 Å². The molecule has 0 amide bonds. The van der Waals surface area contributed by atoms with Crippen LogP contribution in [0.15, 0.2) is 54.7 Å². The summed E-state index contributed by atoms with van der Waals surface area (Å²) in [4.78, 5) is 10.7. The third kappa shape index (κ3) is 2.80. The van der Waals surface area contributed by atoms with Gasteiger partial charge in [0.05, 0.1) is 0 Å². The lowest BCUT2D eigenvalue weighted by atomic mass is 10.1. The lowest BCUT2D eigenvalue weighted by Crippen LogP contribution is -2.25. The van der Waals surface area contributed by atoms with E-state index in [0.717, 1.165) is 12.1 Å². The zero-order valence-electron chi connectivity index (χ0n) is 13.6. The smallest absolute Gasteiger partial charge is 0.229 e. The summed E-state index contributed by atoms with van der Waals surface area (Å²) >= 11 is 0. The van der Waals surface area contributed by atoms with Gasteiger partial charge < -0.3 is 10.2 Å². The second kappa shape index (κ2) is 6.12. The molecule has 0 aliphatic carbocycles. The van der Waals surface area contributed by atoms with Crippen LogP contribution in [0.25, 0.3) is 0 Å². The molecular weight excluding hydrogens is 322 g/mol. The molecule has 4 nitrogen and oxygen atoms in total. The topological polar surface area (TPSA) is 41.1 Å². The molecule has 4 rings (SSSR count). The zero-order chi connectivity index (χ0) is 17.4. The summed E-state index contributed by atoms with van der Waals surface area (Å²) in [6.45, 7) is 2.12. The molecule has 25 heavy (non-hydrogen) atoms. The van der Waals surface area contributed by atoms with Crippen LogP contribution in [0.4, 0.5) is 31.9 Å². The number of fused-ring (bicyclic) bond motifs is 1. The monoisotopic (exact) mass is 338 g/mol. The van der Waals surface area contributed by atoms with Gasteiger partial charge in [0.1, 0.15) is 23.1 Å². The van der Waals surface area contributed by atoms with Crippen LogP contribution in [0, 0.1) is 11.6 Å². The van der Waals surface area contributed by atoms with E-state index in [-0.39, 0.29) is 17.7 Å². The Morgan fingerprint density at radius 1 is 1.04 bits per heavy atom. The SMILES string of the molecule is CC1Cc2ccccc2N1c1ccnc(Nc2c(F)cccc2F)n1. The Balaban J connectivity index is 1.69. The number of rotatable bonds is 3. The molecule has 1 aliphatic heterocycles. The Morgan fingerprint density at radius 2 is 1.80 bits per heavy atom. The highest BCUT2D eigenvalue weighted by Gasteiger charge is 2.27. The van der Waals surface area contributed by atoms with Crippen molar-refractivity contribution in [2.45, 2.75) is 19.4 Å². The van der Waals surface area contributed by atoms with E-state index in [4.69, 9.17) is 0 Å². The van der Waals surface area contributed by atoms with Crippen molar-refractivity contribution in [3.63, 3.8) is 0 Å². The van der Waals surface area contributed by atoms with Crippen LogP contribution >= 0.6 is 0 Å². The molecule has 1 N–H and O–H groups in total. The number of nitrogens with zero attached hydrogens (tertiary/aromatic N) is 3. The Hall–Kier alpha value is -3.02. The Morgan fingerprint density at radius 3 is 2.60 bits per heavy atom. The van der Waals surface area contributed by atoms with Crippen molar-refractivity contribution < 1.29 is 8.78 Å². The van der Waals surface area contributed by atoms with Gasteiger partial charge >= 0.3 is 0 Å². The molecule has 0 spiro atoms. The highest BCUT2D eigenvalue weighted by atomic mass is 19.1. The number of para-hydroxylation sites is 2. The number of halogens is 2. The summed E-state index contributed by atoms with van der Waals surface area (Å²) in [6, 6.07) is 13.9. The van der Waals surface area contributed by atoms with Gasteiger partial charge in [0.25, 0.3) is 0 Å². The highest BCUT2D eigenvalue weighted by molar-refractivity contribution is 5.69. The average molecular weight is 338 g/mol. The Labute approximate surface area is 144 Å². The molecule has 1 aliphatic rings. The predicted molar refractivity (Wildman–Crippen MR) is 93.4 cm³/mol. The summed E-state index contributed by atoms with van der Waals surface area (Å²) in [5, 5.41) is 2.64. The van der Waals surface area contributed by atoms with Crippen molar-refractivity contribution in [3.8, 4) is 0 Å². The quantitative estimate of drug-likeness (QED) is 0.759. The fourth-order valence-corrected chi connectivity index (χ4v) is 3.19. The van der Waals surface area contributed by atoms with Crippen molar-refractivity contribution in [2.75, 3.05) is 10.2 Å². The van der Waals surface area contributed by atoms with E-state index in [1.54, 1.807) is 12.3 Å². The molecule has 2 aromatic carbocycles. The number of anilines is 4. The first kappa shape index (κ1) is 15.5. The van der Waals surface area contributed by atoms with Crippen LogP contribution in [-0.4, -0.2) is 16.0 Å². The van der Waals surface area contributed by atoms with Crippen molar-refractivity contribution in [1.82, 2.24) is 9.97 Å². The molecule has 0 saturated heterocycles. The lowest BCUT2D eigenvalue weighted by molar-refractivity contribution is 0.590. The molecule has 3 aromatic rings. The van der Waals surface area contributed by atoms with Crippen molar-refractivity contribution in [2.24, 2.45) is 0 Å². The molecule has 0 bridgehead atoms. The largest absolute Gasteiger partial charge is 0.323 e. The molecule has 1 unspecified atom stereocenters. The third-order valence-electron chi connectivity index (χ3n) is 4.29. The maximum absolute atomic E-state index is 13.8. The minimum Gasteiger partial charge on any atom is -0.323 e. The van der Waals surface area contributed by atoms with Gasteiger partial charge in [-0.3, -0.25) is 0 Å². The zero-order valence-corrected chi connectivity index (χ0v) is 13.6. The van der Waals surface area contributed by atoms with Crippen LogP contribution < -0.4 is 10.2 Å². The first-order chi connectivity index (χ1) is 12.1. The predicted octanol–water partition coefficient (Wildman–Crippen LogP) is 4.58. The van der Waals surface area contributed by atoms with E-state index in [9.17, 15) is 8.78 Å². The van der Waals surface area contributed by atoms with E-state index >= 15 is 0 Å². The van der Waals surface area contributed by atoms with E-state index in [1.807, 2.05) is 18.2 Å². The second-order valence-corrected chi connectivity index (χ2v) is 6.01. The molecule has 2 heterocycles. The minimum atomic E-state index is -0.686. The van der Waals surface area contributed by atoms with Crippen molar-refractivity contribution in [3.05, 3.63) is 71.9 Å². The molecule has 0 saturated carbocycles. The van der Waals surface area contributed by atoms with Crippen molar-refractivity contribution in [1.29, 1.82) is 0 Å². The standard InChI is InChI=1S/C19H16F2N4/c1-12-11-13-5-2-3-8-16(13)25(12)17-9-10-22-19(23-17)24-18-14(20)6-4-7-15(18)21/h2-10,12H,11H2,1H3,(H,22,23,24). The van der Waals surface area contributed by atoms with Gasteiger partial charge in [0.15, 0.2) is 0 Å². The first-order valence-electron chi connectivity index (χ1n) is 8.04. The molecule has 0 radical (unpaired) electrons. The van der Waals surface area contributed by atoms with Gasteiger partial charge in [0.2, 0.25) is 5.95 Å². The van der Waals surface area contributed by atoms with Crippen molar-refractivity contribution >= 4 is 23.1 Å². The summed E-state index contributed by atoms with van der Waals surface area (Å²) in [5.41, 5.74) is 2.09. The number of hydrogen-bond donors (Lipinski definition) is 1. The first-order valence-corrected chi connectivity index (χ1v) is 8.04. The van der Waals surface area contributed by atoms with Gasteiger partial charge in [-0.1, -0.05) is 24.3 Å². The van der Waals surface area contributed by atoms with Gasteiger partial charge in [0, 0.05) is 17.9 Å². The molecule has 6 heteroatoms. The van der Waals surface area contributed by atoms with Crippen LogP contribution in [0.3, 0.4) is 0 Å². The van der Waals surface area contributed by atoms with Gasteiger partial charge in [-0.25, -0.2) is 13.8 Å². The molecule has 0 fully saturated rings. The average Bonchev–Trinajstić information content (AvgIpc) is 2.94.